The van der Waals surface area contributed by atoms with Crippen molar-refractivity contribution in [2.75, 3.05) is 21.3 Å². The van der Waals surface area contributed by atoms with Crippen molar-refractivity contribution in [3.05, 3.63) is 84.1 Å². The number of rotatable bonds is 7. The first-order valence-corrected chi connectivity index (χ1v) is 9.97. The van der Waals surface area contributed by atoms with E-state index in [9.17, 15) is 9.90 Å². The van der Waals surface area contributed by atoms with E-state index in [1.165, 1.54) is 21.3 Å². The third-order valence-electron chi connectivity index (χ3n) is 5.28. The molecule has 4 aromatic rings. The maximum absolute atomic E-state index is 13.8. The number of ketones is 1. The number of phenols is 1. The number of carbonyl (C=O) groups excluding carboxylic acids is 1. The minimum atomic E-state index is -0.194. The number of hydrogen-bond donors (Lipinski definition) is 2. The smallest absolute Gasteiger partial charge is 0.203 e. The highest BCUT2D eigenvalue weighted by Crippen LogP contribution is 2.39. The van der Waals surface area contributed by atoms with E-state index in [0.29, 0.717) is 28.4 Å². The molecule has 0 aliphatic carbocycles. The van der Waals surface area contributed by atoms with E-state index in [4.69, 9.17) is 14.2 Å². The van der Waals surface area contributed by atoms with Crippen molar-refractivity contribution < 1.29 is 24.1 Å². The van der Waals surface area contributed by atoms with Crippen LogP contribution in [0.4, 0.5) is 0 Å². The van der Waals surface area contributed by atoms with Crippen molar-refractivity contribution in [1.29, 1.82) is 0 Å². The van der Waals surface area contributed by atoms with Crippen molar-refractivity contribution in [3.8, 4) is 45.4 Å². The summed E-state index contributed by atoms with van der Waals surface area (Å²) in [6.07, 6.45) is 1.84. The summed E-state index contributed by atoms with van der Waals surface area (Å²) in [4.78, 5) is 16.9. The molecule has 0 atom stereocenters. The van der Waals surface area contributed by atoms with Crippen LogP contribution in [-0.2, 0) is 0 Å². The van der Waals surface area contributed by atoms with Gasteiger partial charge in [0.25, 0.3) is 0 Å². The van der Waals surface area contributed by atoms with Crippen LogP contribution in [0, 0.1) is 0 Å². The molecule has 3 aromatic carbocycles. The van der Waals surface area contributed by atoms with E-state index in [0.717, 1.165) is 22.4 Å². The zero-order chi connectivity index (χ0) is 22.7. The summed E-state index contributed by atoms with van der Waals surface area (Å²) < 4.78 is 16.2. The Labute approximate surface area is 186 Å². The molecule has 1 heterocycles. The molecule has 6 heteroatoms. The Kier molecular flexibility index (Phi) is 5.85. The quantitative estimate of drug-likeness (QED) is 0.389. The molecule has 0 radical (unpaired) electrons. The van der Waals surface area contributed by atoms with Gasteiger partial charge in [0, 0.05) is 23.0 Å². The van der Waals surface area contributed by atoms with Crippen LogP contribution >= 0.6 is 0 Å². The minimum Gasteiger partial charge on any atom is -0.508 e. The first kappa shape index (κ1) is 21.1. The van der Waals surface area contributed by atoms with Crippen molar-refractivity contribution in [2.45, 2.75) is 0 Å². The van der Waals surface area contributed by atoms with Gasteiger partial charge in [-0.1, -0.05) is 24.3 Å². The summed E-state index contributed by atoms with van der Waals surface area (Å²) >= 11 is 0. The minimum absolute atomic E-state index is 0.161. The second kappa shape index (κ2) is 8.89. The zero-order valence-corrected chi connectivity index (χ0v) is 18.0. The van der Waals surface area contributed by atoms with Crippen molar-refractivity contribution in [1.82, 2.24) is 4.98 Å². The Morgan fingerprint density at radius 2 is 1.47 bits per heavy atom. The highest BCUT2D eigenvalue weighted by atomic mass is 16.5. The second-order valence-corrected chi connectivity index (χ2v) is 7.13. The SMILES string of the molecule is COc1cc(C(=O)c2cc(-c3ccc[nH]3)ccc2-c2ccc(O)cc2)cc(OC)c1OC. The lowest BCUT2D eigenvalue weighted by Crippen LogP contribution is -2.06. The molecule has 162 valence electrons. The average molecular weight is 429 g/mol. The van der Waals surface area contributed by atoms with Crippen molar-refractivity contribution >= 4 is 5.78 Å². The molecular weight excluding hydrogens is 406 g/mol. The molecule has 0 saturated carbocycles. The molecule has 32 heavy (non-hydrogen) atoms. The van der Waals surface area contributed by atoms with Gasteiger partial charge < -0.3 is 24.3 Å². The maximum Gasteiger partial charge on any atom is 0.203 e. The van der Waals surface area contributed by atoms with Crippen LogP contribution in [0.1, 0.15) is 15.9 Å². The lowest BCUT2D eigenvalue weighted by Gasteiger charge is -2.15. The largest absolute Gasteiger partial charge is 0.508 e. The molecule has 1 aromatic heterocycles. The molecule has 0 amide bonds. The number of carbonyl (C=O) groups is 1. The maximum atomic E-state index is 13.8. The number of H-pyrrole nitrogens is 1. The Balaban J connectivity index is 1.89. The van der Waals surface area contributed by atoms with E-state index in [1.807, 2.05) is 36.5 Å². The molecular formula is C26H23NO5. The molecule has 6 nitrogen and oxygen atoms in total. The first-order chi connectivity index (χ1) is 15.5. The zero-order valence-electron chi connectivity index (χ0n) is 18.0. The molecule has 4 rings (SSSR count). The Morgan fingerprint density at radius 1 is 0.812 bits per heavy atom. The van der Waals surface area contributed by atoms with E-state index >= 15 is 0 Å². The van der Waals surface area contributed by atoms with Crippen LogP contribution in [0.25, 0.3) is 22.4 Å². The van der Waals surface area contributed by atoms with Gasteiger partial charge in [0.2, 0.25) is 5.75 Å². The predicted molar refractivity (Wildman–Crippen MR) is 123 cm³/mol. The number of benzene rings is 3. The van der Waals surface area contributed by atoms with Gasteiger partial charge in [0.15, 0.2) is 17.3 Å². The summed E-state index contributed by atoms with van der Waals surface area (Å²) in [6.45, 7) is 0. The number of ether oxygens (including phenoxy) is 3. The van der Waals surface area contributed by atoms with Crippen LogP contribution in [0.2, 0.25) is 0 Å². The number of aromatic nitrogens is 1. The summed E-state index contributed by atoms with van der Waals surface area (Å²) in [5.74, 6) is 1.20. The van der Waals surface area contributed by atoms with Crippen LogP contribution in [0.15, 0.2) is 72.9 Å². The summed E-state index contributed by atoms with van der Waals surface area (Å²) in [5.41, 5.74) is 4.27. The van der Waals surface area contributed by atoms with Gasteiger partial charge >= 0.3 is 0 Å². The van der Waals surface area contributed by atoms with Gasteiger partial charge in [0.05, 0.1) is 21.3 Å². The summed E-state index contributed by atoms with van der Waals surface area (Å²) in [5, 5.41) is 9.68. The van der Waals surface area contributed by atoms with Crippen LogP contribution in [-0.4, -0.2) is 37.2 Å². The molecule has 0 spiro atoms. The standard InChI is InChI=1S/C26H23NO5/c1-30-23-14-18(15-24(31-2)26(23)32-3)25(29)21-13-17(22-5-4-12-27-22)8-11-20(21)16-6-9-19(28)10-7-16/h4-15,27-28H,1-3H3. The fourth-order valence-electron chi connectivity index (χ4n) is 3.67. The van der Waals surface area contributed by atoms with E-state index in [-0.39, 0.29) is 11.5 Å². The van der Waals surface area contributed by atoms with Gasteiger partial charge in [-0.25, -0.2) is 0 Å². The molecule has 0 aliphatic rings. The second-order valence-electron chi connectivity index (χ2n) is 7.13. The van der Waals surface area contributed by atoms with E-state index in [1.54, 1.807) is 36.4 Å². The fourth-order valence-corrected chi connectivity index (χ4v) is 3.67. The van der Waals surface area contributed by atoms with E-state index < -0.39 is 0 Å². The normalized spacial score (nSPS) is 10.6. The highest BCUT2D eigenvalue weighted by molar-refractivity contribution is 6.14. The monoisotopic (exact) mass is 429 g/mol. The van der Waals surface area contributed by atoms with Gasteiger partial charge in [-0.2, -0.15) is 0 Å². The molecule has 0 aliphatic heterocycles. The lowest BCUT2D eigenvalue weighted by atomic mass is 9.91. The van der Waals surface area contributed by atoms with Crippen LogP contribution in [0.3, 0.4) is 0 Å². The third-order valence-corrected chi connectivity index (χ3v) is 5.28. The summed E-state index contributed by atoms with van der Waals surface area (Å²) in [7, 11) is 4.54. The predicted octanol–water partition coefficient (Wildman–Crippen LogP) is 5.31. The molecule has 0 bridgehead atoms. The Bertz CT molecular complexity index is 1220. The van der Waals surface area contributed by atoms with Gasteiger partial charge in [-0.15, -0.1) is 0 Å². The van der Waals surface area contributed by atoms with Crippen molar-refractivity contribution in [3.63, 3.8) is 0 Å². The van der Waals surface area contributed by atoms with Crippen molar-refractivity contribution in [2.24, 2.45) is 0 Å². The Hall–Kier alpha value is -4.19. The summed E-state index contributed by atoms with van der Waals surface area (Å²) in [6, 6.07) is 19.6. The average Bonchev–Trinajstić information content (AvgIpc) is 3.38. The third kappa shape index (κ3) is 3.90. The van der Waals surface area contributed by atoms with Crippen LogP contribution < -0.4 is 14.2 Å². The Morgan fingerprint density at radius 3 is 2.03 bits per heavy atom. The molecule has 0 saturated heterocycles. The fraction of sp³-hybridized carbons (Fsp3) is 0.115. The molecule has 0 fully saturated rings. The van der Waals surface area contributed by atoms with Gasteiger partial charge in [0.1, 0.15) is 5.75 Å². The number of methoxy groups -OCH3 is 3. The van der Waals surface area contributed by atoms with E-state index in [2.05, 4.69) is 4.98 Å². The van der Waals surface area contributed by atoms with Gasteiger partial charge in [-0.05, 0) is 59.2 Å². The number of phenolic OH excluding ortho intramolecular Hbond substituents is 1. The number of aromatic hydroxyl groups is 1. The lowest BCUT2D eigenvalue weighted by molar-refractivity contribution is 0.103. The number of hydrogen-bond acceptors (Lipinski definition) is 5. The first-order valence-electron chi connectivity index (χ1n) is 9.97. The van der Waals surface area contributed by atoms with Gasteiger partial charge in [-0.3, -0.25) is 4.79 Å². The topological polar surface area (TPSA) is 80.8 Å². The number of aromatic amines is 1. The molecule has 0 unspecified atom stereocenters. The van der Waals surface area contributed by atoms with Crippen LogP contribution in [0.5, 0.6) is 23.0 Å². The molecule has 2 N–H and O–H groups in total. The highest BCUT2D eigenvalue weighted by Gasteiger charge is 2.21. The number of nitrogens with one attached hydrogen (secondary N) is 1.